The standard InChI is InChI=1S/C13H21NO5S/c15-11-1-3-12(4-2-11)19-13(16)5-6-14-7-9-20(17,18)10-8-14/h12H,1-10H2. The number of nitrogens with zero attached hydrogens (tertiary/aromatic N) is 1. The lowest BCUT2D eigenvalue weighted by Gasteiger charge is -2.26. The zero-order valence-electron chi connectivity index (χ0n) is 11.5. The summed E-state index contributed by atoms with van der Waals surface area (Å²) in [5.74, 6) is 0.337. The summed E-state index contributed by atoms with van der Waals surface area (Å²) in [6.07, 6.45) is 2.43. The van der Waals surface area contributed by atoms with Gasteiger partial charge in [-0.1, -0.05) is 0 Å². The van der Waals surface area contributed by atoms with Gasteiger partial charge in [-0.25, -0.2) is 8.42 Å². The molecule has 114 valence electrons. The van der Waals surface area contributed by atoms with Gasteiger partial charge in [0, 0.05) is 32.5 Å². The maximum absolute atomic E-state index is 11.7. The van der Waals surface area contributed by atoms with Gasteiger partial charge in [-0.15, -0.1) is 0 Å². The van der Waals surface area contributed by atoms with Gasteiger partial charge in [-0.05, 0) is 12.8 Å². The lowest BCUT2D eigenvalue weighted by molar-refractivity contribution is -0.152. The van der Waals surface area contributed by atoms with E-state index in [1.165, 1.54) is 0 Å². The number of Topliss-reactive ketones (excluding diaryl/α,β-unsaturated/α-hetero) is 1. The second-order valence-corrected chi connectivity index (χ2v) is 7.77. The number of ketones is 1. The van der Waals surface area contributed by atoms with E-state index in [0.29, 0.717) is 45.3 Å². The van der Waals surface area contributed by atoms with Crippen LogP contribution in [0.4, 0.5) is 0 Å². The van der Waals surface area contributed by atoms with Crippen molar-refractivity contribution >= 4 is 21.6 Å². The highest BCUT2D eigenvalue weighted by Crippen LogP contribution is 2.18. The summed E-state index contributed by atoms with van der Waals surface area (Å²) in [5.41, 5.74) is 0. The van der Waals surface area contributed by atoms with Crippen LogP contribution in [0.15, 0.2) is 0 Å². The number of carbonyl (C=O) groups is 2. The first kappa shape index (κ1) is 15.4. The Hall–Kier alpha value is -0.950. The highest BCUT2D eigenvalue weighted by Gasteiger charge is 2.24. The predicted octanol–water partition coefficient (Wildman–Crippen LogP) is 0.162. The summed E-state index contributed by atoms with van der Waals surface area (Å²) in [6.45, 7) is 1.53. The monoisotopic (exact) mass is 303 g/mol. The molecule has 0 atom stereocenters. The first-order valence-corrected chi connectivity index (χ1v) is 8.91. The topological polar surface area (TPSA) is 80.8 Å². The maximum atomic E-state index is 11.7. The molecule has 1 heterocycles. The summed E-state index contributed by atoms with van der Waals surface area (Å²) in [4.78, 5) is 24.8. The van der Waals surface area contributed by atoms with Crippen LogP contribution in [0.5, 0.6) is 0 Å². The first-order chi connectivity index (χ1) is 9.44. The van der Waals surface area contributed by atoms with Crippen LogP contribution in [-0.2, 0) is 24.2 Å². The molecule has 0 aromatic carbocycles. The van der Waals surface area contributed by atoms with E-state index < -0.39 is 9.84 Å². The molecule has 1 saturated carbocycles. The largest absolute Gasteiger partial charge is 0.462 e. The number of hydrogen-bond acceptors (Lipinski definition) is 6. The molecule has 0 aromatic rings. The van der Waals surface area contributed by atoms with E-state index in [-0.39, 0.29) is 35.8 Å². The van der Waals surface area contributed by atoms with Gasteiger partial charge in [0.25, 0.3) is 0 Å². The van der Waals surface area contributed by atoms with E-state index in [4.69, 9.17) is 4.74 Å². The van der Waals surface area contributed by atoms with Crippen LogP contribution in [0, 0.1) is 0 Å². The molecule has 2 fully saturated rings. The Labute approximate surface area is 119 Å². The van der Waals surface area contributed by atoms with Gasteiger partial charge >= 0.3 is 5.97 Å². The molecule has 20 heavy (non-hydrogen) atoms. The van der Waals surface area contributed by atoms with Crippen LogP contribution in [0.2, 0.25) is 0 Å². The van der Waals surface area contributed by atoms with Gasteiger partial charge in [-0.3, -0.25) is 9.59 Å². The van der Waals surface area contributed by atoms with Crippen molar-refractivity contribution < 1.29 is 22.7 Å². The van der Waals surface area contributed by atoms with Crippen molar-refractivity contribution in [3.63, 3.8) is 0 Å². The minimum atomic E-state index is -2.87. The van der Waals surface area contributed by atoms with Gasteiger partial charge in [0.15, 0.2) is 9.84 Å². The van der Waals surface area contributed by atoms with Gasteiger partial charge in [0.05, 0.1) is 17.9 Å². The Morgan fingerprint density at radius 2 is 1.80 bits per heavy atom. The summed E-state index contributed by atoms with van der Waals surface area (Å²) in [7, 11) is -2.87. The van der Waals surface area contributed by atoms with Gasteiger partial charge in [0.2, 0.25) is 0 Å². The Balaban J connectivity index is 1.64. The molecular weight excluding hydrogens is 282 g/mol. The zero-order valence-corrected chi connectivity index (χ0v) is 12.4. The molecule has 0 bridgehead atoms. The summed E-state index contributed by atoms with van der Waals surface area (Å²) in [5, 5.41) is 0. The molecule has 0 unspecified atom stereocenters. The van der Waals surface area contributed by atoms with E-state index in [1.54, 1.807) is 0 Å². The molecule has 2 rings (SSSR count). The van der Waals surface area contributed by atoms with Crippen molar-refractivity contribution in [1.29, 1.82) is 0 Å². The van der Waals surface area contributed by atoms with Crippen LogP contribution < -0.4 is 0 Å². The van der Waals surface area contributed by atoms with Crippen molar-refractivity contribution in [2.24, 2.45) is 0 Å². The van der Waals surface area contributed by atoms with Crippen LogP contribution >= 0.6 is 0 Å². The third-order valence-corrected chi connectivity index (χ3v) is 5.47. The second kappa shape index (κ2) is 6.67. The van der Waals surface area contributed by atoms with E-state index in [2.05, 4.69) is 0 Å². The molecule has 0 aromatic heterocycles. The van der Waals surface area contributed by atoms with E-state index >= 15 is 0 Å². The Kier molecular flexibility index (Phi) is 5.15. The number of rotatable bonds is 4. The number of hydrogen-bond donors (Lipinski definition) is 0. The number of sulfone groups is 1. The van der Waals surface area contributed by atoms with Crippen LogP contribution in [0.1, 0.15) is 32.1 Å². The van der Waals surface area contributed by atoms with Crippen molar-refractivity contribution in [3.05, 3.63) is 0 Å². The Morgan fingerprint density at radius 1 is 1.20 bits per heavy atom. The smallest absolute Gasteiger partial charge is 0.307 e. The lowest BCUT2D eigenvalue weighted by Crippen LogP contribution is -2.41. The fraction of sp³-hybridized carbons (Fsp3) is 0.846. The van der Waals surface area contributed by atoms with Gasteiger partial charge in [0.1, 0.15) is 11.9 Å². The van der Waals surface area contributed by atoms with E-state index in [9.17, 15) is 18.0 Å². The third kappa shape index (κ3) is 4.86. The average Bonchev–Trinajstić information content (AvgIpc) is 2.40. The average molecular weight is 303 g/mol. The fourth-order valence-corrected chi connectivity index (χ4v) is 3.78. The summed E-state index contributed by atoms with van der Waals surface area (Å²) < 4.78 is 27.9. The van der Waals surface area contributed by atoms with Crippen molar-refractivity contribution in [2.45, 2.75) is 38.2 Å². The lowest BCUT2D eigenvalue weighted by atomic mass is 9.96. The summed E-state index contributed by atoms with van der Waals surface area (Å²) in [6, 6.07) is 0. The fourth-order valence-electron chi connectivity index (χ4n) is 2.50. The van der Waals surface area contributed by atoms with Crippen LogP contribution in [0.3, 0.4) is 0 Å². The van der Waals surface area contributed by atoms with Crippen LogP contribution in [-0.4, -0.2) is 62.3 Å². The molecule has 1 aliphatic heterocycles. The Morgan fingerprint density at radius 3 is 2.40 bits per heavy atom. The minimum absolute atomic E-state index is 0.123. The molecular formula is C13H21NO5S. The molecule has 1 aliphatic carbocycles. The molecule has 6 nitrogen and oxygen atoms in total. The molecule has 7 heteroatoms. The minimum Gasteiger partial charge on any atom is -0.462 e. The molecule has 0 amide bonds. The maximum Gasteiger partial charge on any atom is 0.307 e. The normalized spacial score (nSPS) is 24.5. The van der Waals surface area contributed by atoms with Gasteiger partial charge in [-0.2, -0.15) is 0 Å². The van der Waals surface area contributed by atoms with Crippen LogP contribution in [0.25, 0.3) is 0 Å². The van der Waals surface area contributed by atoms with Crippen molar-refractivity contribution in [3.8, 4) is 0 Å². The molecule has 2 aliphatic rings. The summed E-state index contributed by atoms with van der Waals surface area (Å²) >= 11 is 0. The predicted molar refractivity (Wildman–Crippen MR) is 73.1 cm³/mol. The van der Waals surface area contributed by atoms with E-state index in [0.717, 1.165) is 0 Å². The Bertz CT molecular complexity index is 449. The third-order valence-electron chi connectivity index (χ3n) is 3.86. The number of carbonyl (C=O) groups excluding carboxylic acids is 2. The molecule has 1 saturated heterocycles. The molecule has 0 spiro atoms. The van der Waals surface area contributed by atoms with Crippen molar-refractivity contribution in [1.82, 2.24) is 4.90 Å². The quantitative estimate of drug-likeness (QED) is 0.688. The van der Waals surface area contributed by atoms with Crippen molar-refractivity contribution in [2.75, 3.05) is 31.1 Å². The first-order valence-electron chi connectivity index (χ1n) is 7.08. The molecule has 0 radical (unpaired) electrons. The number of esters is 1. The SMILES string of the molecule is O=C1CCC(OC(=O)CCN2CCS(=O)(=O)CC2)CC1. The molecule has 0 N–H and O–H groups in total. The van der Waals surface area contributed by atoms with E-state index in [1.807, 2.05) is 4.90 Å². The number of ether oxygens (including phenoxy) is 1. The second-order valence-electron chi connectivity index (χ2n) is 5.47. The highest BCUT2D eigenvalue weighted by atomic mass is 32.2. The van der Waals surface area contributed by atoms with Gasteiger partial charge < -0.3 is 9.64 Å². The zero-order chi connectivity index (χ0) is 14.6. The highest BCUT2D eigenvalue weighted by molar-refractivity contribution is 7.91.